The Morgan fingerprint density at radius 1 is 1.58 bits per heavy atom. The summed E-state index contributed by atoms with van der Waals surface area (Å²) in [6.07, 6.45) is 0.480. The van der Waals surface area contributed by atoms with Crippen LogP contribution in [0.4, 0.5) is 5.69 Å². The molecule has 0 saturated heterocycles. The lowest BCUT2D eigenvalue weighted by Gasteiger charge is -2.11. The summed E-state index contributed by atoms with van der Waals surface area (Å²) in [4.78, 5) is 16.0. The first-order valence-electron chi connectivity index (χ1n) is 6.02. The Labute approximate surface area is 110 Å². The maximum absolute atomic E-state index is 11.8. The molecule has 19 heavy (non-hydrogen) atoms. The Balaban J connectivity index is 2.06. The molecule has 1 atom stereocenters. The van der Waals surface area contributed by atoms with E-state index in [4.69, 9.17) is 14.9 Å². The number of aryl methyl sites for hydroxylation is 1. The van der Waals surface area contributed by atoms with Crippen LogP contribution in [0.25, 0.3) is 11.1 Å². The average molecular weight is 263 g/mol. The predicted molar refractivity (Wildman–Crippen MR) is 71.8 cm³/mol. The van der Waals surface area contributed by atoms with Gasteiger partial charge in [-0.1, -0.05) is 0 Å². The highest BCUT2D eigenvalue weighted by Crippen LogP contribution is 2.19. The van der Waals surface area contributed by atoms with Crippen molar-refractivity contribution in [3.8, 4) is 0 Å². The molecule has 2 rings (SSSR count). The van der Waals surface area contributed by atoms with Crippen molar-refractivity contribution in [2.75, 3.05) is 19.0 Å². The SMILES string of the molecule is COCCC(N)C(=O)Nc1ccc2oc(C)nc2c1. The molecule has 0 radical (unpaired) electrons. The van der Waals surface area contributed by atoms with Crippen molar-refractivity contribution >= 4 is 22.7 Å². The molecule has 1 aromatic heterocycles. The van der Waals surface area contributed by atoms with E-state index in [2.05, 4.69) is 10.3 Å². The number of carbonyl (C=O) groups is 1. The number of nitrogens with zero attached hydrogens (tertiary/aromatic N) is 1. The van der Waals surface area contributed by atoms with Gasteiger partial charge in [0.25, 0.3) is 0 Å². The minimum atomic E-state index is -0.588. The standard InChI is InChI=1S/C13H17N3O3/c1-8-15-11-7-9(3-4-12(11)19-8)16-13(17)10(14)5-6-18-2/h3-4,7,10H,5-6,14H2,1-2H3,(H,16,17). The van der Waals surface area contributed by atoms with Gasteiger partial charge in [-0.15, -0.1) is 0 Å². The normalized spacial score (nSPS) is 12.6. The molecule has 102 valence electrons. The molecule has 1 aromatic carbocycles. The summed E-state index contributed by atoms with van der Waals surface area (Å²) in [5.41, 5.74) is 7.80. The molecule has 1 unspecified atom stereocenters. The lowest BCUT2D eigenvalue weighted by atomic mass is 10.2. The Morgan fingerprint density at radius 3 is 3.11 bits per heavy atom. The van der Waals surface area contributed by atoms with Gasteiger partial charge in [-0.25, -0.2) is 4.98 Å². The first kappa shape index (κ1) is 13.5. The van der Waals surface area contributed by atoms with E-state index in [1.54, 1.807) is 32.2 Å². The van der Waals surface area contributed by atoms with Gasteiger partial charge in [0.15, 0.2) is 11.5 Å². The molecular formula is C13H17N3O3. The molecule has 0 saturated carbocycles. The van der Waals surface area contributed by atoms with Gasteiger partial charge in [-0.3, -0.25) is 4.79 Å². The summed E-state index contributed by atoms with van der Waals surface area (Å²) in [5.74, 6) is 0.354. The molecule has 1 heterocycles. The lowest BCUT2D eigenvalue weighted by Crippen LogP contribution is -2.36. The third-order valence-electron chi connectivity index (χ3n) is 2.73. The molecule has 0 aliphatic carbocycles. The van der Waals surface area contributed by atoms with E-state index in [0.717, 1.165) is 0 Å². The second-order valence-corrected chi connectivity index (χ2v) is 4.29. The highest BCUT2D eigenvalue weighted by atomic mass is 16.5. The van der Waals surface area contributed by atoms with Crippen molar-refractivity contribution in [1.29, 1.82) is 0 Å². The number of hydrogen-bond donors (Lipinski definition) is 2. The van der Waals surface area contributed by atoms with Crippen molar-refractivity contribution in [2.45, 2.75) is 19.4 Å². The Morgan fingerprint density at radius 2 is 2.37 bits per heavy atom. The van der Waals surface area contributed by atoms with E-state index < -0.39 is 6.04 Å². The van der Waals surface area contributed by atoms with Crippen molar-refractivity contribution in [2.24, 2.45) is 5.73 Å². The lowest BCUT2D eigenvalue weighted by molar-refractivity contribution is -0.117. The Kier molecular flexibility index (Phi) is 4.13. The maximum atomic E-state index is 11.8. The van der Waals surface area contributed by atoms with E-state index in [-0.39, 0.29) is 5.91 Å². The number of nitrogens with one attached hydrogen (secondary N) is 1. The molecule has 1 amide bonds. The number of benzene rings is 1. The second-order valence-electron chi connectivity index (χ2n) is 4.29. The first-order valence-corrected chi connectivity index (χ1v) is 6.02. The minimum Gasteiger partial charge on any atom is -0.441 e. The number of nitrogens with two attached hydrogens (primary N) is 1. The number of fused-ring (bicyclic) bond motifs is 1. The van der Waals surface area contributed by atoms with Crippen molar-refractivity contribution in [3.05, 3.63) is 24.1 Å². The van der Waals surface area contributed by atoms with Crippen LogP contribution in [0.2, 0.25) is 0 Å². The number of rotatable bonds is 5. The molecule has 0 fully saturated rings. The number of ether oxygens (including phenoxy) is 1. The summed E-state index contributed by atoms with van der Waals surface area (Å²) in [7, 11) is 1.57. The fourth-order valence-electron chi connectivity index (χ4n) is 1.73. The number of aromatic nitrogens is 1. The molecule has 3 N–H and O–H groups in total. The molecule has 2 aromatic rings. The van der Waals surface area contributed by atoms with E-state index in [9.17, 15) is 4.79 Å². The smallest absolute Gasteiger partial charge is 0.241 e. The number of amides is 1. The summed E-state index contributed by atoms with van der Waals surface area (Å²) in [6, 6.07) is 4.70. The van der Waals surface area contributed by atoms with Gasteiger partial charge in [-0.05, 0) is 24.6 Å². The van der Waals surface area contributed by atoms with Gasteiger partial charge in [-0.2, -0.15) is 0 Å². The third kappa shape index (κ3) is 3.30. The zero-order chi connectivity index (χ0) is 13.8. The van der Waals surface area contributed by atoms with Crippen LogP contribution in [0, 0.1) is 6.92 Å². The summed E-state index contributed by atoms with van der Waals surface area (Å²) < 4.78 is 10.3. The fraction of sp³-hybridized carbons (Fsp3) is 0.385. The topological polar surface area (TPSA) is 90.4 Å². The van der Waals surface area contributed by atoms with Crippen LogP contribution in [0.15, 0.2) is 22.6 Å². The fourth-order valence-corrected chi connectivity index (χ4v) is 1.73. The van der Waals surface area contributed by atoms with Gasteiger partial charge in [0, 0.05) is 26.3 Å². The highest BCUT2D eigenvalue weighted by Gasteiger charge is 2.13. The van der Waals surface area contributed by atoms with Gasteiger partial charge in [0.1, 0.15) is 5.52 Å². The van der Waals surface area contributed by atoms with E-state index in [1.165, 1.54) is 0 Å². The molecule has 0 spiro atoms. The van der Waals surface area contributed by atoms with Gasteiger partial charge < -0.3 is 20.2 Å². The molecule has 0 aliphatic heterocycles. The zero-order valence-electron chi connectivity index (χ0n) is 11.0. The van der Waals surface area contributed by atoms with Crippen LogP contribution in [-0.2, 0) is 9.53 Å². The van der Waals surface area contributed by atoms with Crippen LogP contribution in [0.1, 0.15) is 12.3 Å². The first-order chi connectivity index (χ1) is 9.10. The molecule has 0 bridgehead atoms. The Bertz CT molecular complexity index is 580. The number of methoxy groups -OCH3 is 1. The monoisotopic (exact) mass is 263 g/mol. The van der Waals surface area contributed by atoms with Gasteiger partial charge in [0.2, 0.25) is 5.91 Å². The number of oxazole rings is 1. The summed E-state index contributed by atoms with van der Waals surface area (Å²) in [6.45, 7) is 2.23. The van der Waals surface area contributed by atoms with E-state index in [1.807, 2.05) is 0 Å². The average Bonchev–Trinajstić information content (AvgIpc) is 2.75. The van der Waals surface area contributed by atoms with Crippen LogP contribution >= 0.6 is 0 Å². The van der Waals surface area contributed by atoms with Crippen molar-refractivity contribution in [1.82, 2.24) is 4.98 Å². The van der Waals surface area contributed by atoms with E-state index >= 15 is 0 Å². The van der Waals surface area contributed by atoms with Crippen LogP contribution in [-0.4, -0.2) is 30.6 Å². The van der Waals surface area contributed by atoms with Crippen LogP contribution in [0.5, 0.6) is 0 Å². The van der Waals surface area contributed by atoms with Crippen molar-refractivity contribution in [3.63, 3.8) is 0 Å². The van der Waals surface area contributed by atoms with Gasteiger partial charge >= 0.3 is 0 Å². The number of hydrogen-bond acceptors (Lipinski definition) is 5. The molecule has 6 heteroatoms. The molecule has 6 nitrogen and oxygen atoms in total. The highest BCUT2D eigenvalue weighted by molar-refractivity contribution is 5.96. The third-order valence-corrected chi connectivity index (χ3v) is 2.73. The maximum Gasteiger partial charge on any atom is 0.241 e. The molecular weight excluding hydrogens is 246 g/mol. The largest absolute Gasteiger partial charge is 0.441 e. The number of carbonyl (C=O) groups excluding carboxylic acids is 1. The summed E-state index contributed by atoms with van der Waals surface area (Å²) in [5, 5.41) is 2.75. The van der Waals surface area contributed by atoms with Crippen LogP contribution in [0.3, 0.4) is 0 Å². The van der Waals surface area contributed by atoms with Crippen LogP contribution < -0.4 is 11.1 Å². The summed E-state index contributed by atoms with van der Waals surface area (Å²) >= 11 is 0. The predicted octanol–water partition coefficient (Wildman–Crippen LogP) is 1.44. The Hall–Kier alpha value is -1.92. The minimum absolute atomic E-state index is 0.239. The van der Waals surface area contributed by atoms with Gasteiger partial charge in [0.05, 0.1) is 6.04 Å². The second kappa shape index (κ2) is 5.81. The van der Waals surface area contributed by atoms with Crippen molar-refractivity contribution < 1.29 is 13.9 Å². The zero-order valence-corrected chi connectivity index (χ0v) is 11.0. The number of anilines is 1. The quantitative estimate of drug-likeness (QED) is 0.851. The molecule has 0 aliphatic rings. The van der Waals surface area contributed by atoms with E-state index in [0.29, 0.717) is 35.7 Å².